The Morgan fingerprint density at radius 3 is 1.22 bits per heavy atom. The van der Waals surface area contributed by atoms with Crippen LogP contribution in [0.25, 0.3) is 22.3 Å². The summed E-state index contributed by atoms with van der Waals surface area (Å²) in [5.74, 6) is 0. The molecule has 0 fully saturated rings. The van der Waals surface area contributed by atoms with Gasteiger partial charge in [-0.05, 0) is 51.3 Å². The van der Waals surface area contributed by atoms with Crippen LogP contribution in [-0.4, -0.2) is 4.98 Å². The van der Waals surface area contributed by atoms with Crippen LogP contribution in [0, 0.1) is 34.6 Å². The molecule has 0 atom stereocenters. The lowest BCUT2D eigenvalue weighted by molar-refractivity contribution is 1.11. The highest BCUT2D eigenvalue weighted by Gasteiger charge is 2.15. The number of rotatable bonds is 2. The molecule has 3 rings (SSSR count). The maximum absolute atomic E-state index is 4.83. The second-order valence-electron chi connectivity index (χ2n) is 6.39. The van der Waals surface area contributed by atoms with Crippen molar-refractivity contribution >= 4 is 0 Å². The summed E-state index contributed by atoms with van der Waals surface area (Å²) in [5.41, 5.74) is 11.1. The van der Waals surface area contributed by atoms with Gasteiger partial charge in [-0.3, -0.25) is 4.98 Å². The predicted octanol–water partition coefficient (Wildman–Crippen LogP) is 5.96. The topological polar surface area (TPSA) is 12.9 Å². The number of hydrogen-bond donors (Lipinski definition) is 0. The van der Waals surface area contributed by atoms with Crippen LogP contribution in [0.5, 0.6) is 0 Å². The third-order valence-corrected chi connectivity index (χ3v) is 4.49. The van der Waals surface area contributed by atoms with Gasteiger partial charge in [-0.2, -0.15) is 0 Å². The summed E-state index contributed by atoms with van der Waals surface area (Å²) < 4.78 is 0. The van der Waals surface area contributed by atoms with Crippen molar-refractivity contribution in [2.45, 2.75) is 34.6 Å². The molecule has 116 valence electrons. The Kier molecular flexibility index (Phi) is 4.04. The molecule has 0 saturated heterocycles. The largest absolute Gasteiger partial charge is 0.257 e. The molecule has 23 heavy (non-hydrogen) atoms. The molecule has 2 aromatic carbocycles. The Balaban J connectivity index is 2.24. The summed E-state index contributed by atoms with van der Waals surface area (Å²) in [6.45, 7) is 10.7. The first kappa shape index (κ1) is 15.5. The number of aryl methyl sites for hydroxylation is 4. The highest BCUT2D eigenvalue weighted by atomic mass is 14.7. The molecule has 0 bridgehead atoms. The van der Waals surface area contributed by atoms with E-state index in [0.717, 1.165) is 11.4 Å². The number of nitrogens with zero attached hydrogens (tertiary/aromatic N) is 1. The molecule has 1 aromatic heterocycles. The first-order valence-corrected chi connectivity index (χ1v) is 8.09. The molecule has 0 aliphatic rings. The van der Waals surface area contributed by atoms with Crippen molar-refractivity contribution in [3.8, 4) is 22.3 Å². The van der Waals surface area contributed by atoms with E-state index in [1.165, 1.54) is 38.9 Å². The minimum Gasteiger partial charge on any atom is -0.257 e. The maximum atomic E-state index is 4.83. The standard InChI is InChI=1S/C22H23N/c1-14-6-10-19(11-7-14)21-16(3)22(18(5)23-17(21)4)20-12-8-15(2)9-13-20/h6-13H,1-5H3. The lowest BCUT2D eigenvalue weighted by atomic mass is 9.90. The minimum atomic E-state index is 1.10. The van der Waals surface area contributed by atoms with Crippen LogP contribution >= 0.6 is 0 Å². The van der Waals surface area contributed by atoms with Crippen LogP contribution in [0.4, 0.5) is 0 Å². The second kappa shape index (κ2) is 6.00. The second-order valence-corrected chi connectivity index (χ2v) is 6.39. The molecule has 1 heterocycles. The van der Waals surface area contributed by atoms with Crippen LogP contribution in [0.2, 0.25) is 0 Å². The summed E-state index contributed by atoms with van der Waals surface area (Å²) in [5, 5.41) is 0. The van der Waals surface area contributed by atoms with E-state index in [1.54, 1.807) is 0 Å². The molecular weight excluding hydrogens is 278 g/mol. The van der Waals surface area contributed by atoms with E-state index in [1.807, 2.05) is 0 Å². The Morgan fingerprint density at radius 2 is 0.870 bits per heavy atom. The van der Waals surface area contributed by atoms with Crippen molar-refractivity contribution in [2.75, 3.05) is 0 Å². The van der Waals surface area contributed by atoms with Gasteiger partial charge in [0.2, 0.25) is 0 Å². The van der Waals surface area contributed by atoms with Gasteiger partial charge in [-0.1, -0.05) is 59.7 Å². The Morgan fingerprint density at radius 1 is 0.522 bits per heavy atom. The molecule has 1 nitrogen and oxygen atoms in total. The third kappa shape index (κ3) is 2.92. The number of aromatic nitrogens is 1. The molecule has 0 amide bonds. The van der Waals surface area contributed by atoms with Crippen molar-refractivity contribution in [2.24, 2.45) is 0 Å². The van der Waals surface area contributed by atoms with Gasteiger partial charge in [-0.25, -0.2) is 0 Å². The fraction of sp³-hybridized carbons (Fsp3) is 0.227. The van der Waals surface area contributed by atoms with Crippen LogP contribution < -0.4 is 0 Å². The Bertz CT molecular complexity index is 771. The molecule has 0 spiro atoms. The highest BCUT2D eigenvalue weighted by molar-refractivity contribution is 5.80. The van der Waals surface area contributed by atoms with Crippen molar-refractivity contribution in [1.29, 1.82) is 0 Å². The molecule has 1 heteroatoms. The van der Waals surface area contributed by atoms with E-state index in [4.69, 9.17) is 4.98 Å². The monoisotopic (exact) mass is 301 g/mol. The zero-order valence-electron chi connectivity index (χ0n) is 14.6. The summed E-state index contributed by atoms with van der Waals surface area (Å²) in [6.07, 6.45) is 0. The average Bonchev–Trinajstić information content (AvgIpc) is 2.50. The van der Waals surface area contributed by atoms with Crippen molar-refractivity contribution in [3.05, 3.63) is 76.6 Å². The number of hydrogen-bond acceptors (Lipinski definition) is 1. The van der Waals surface area contributed by atoms with E-state index in [9.17, 15) is 0 Å². The van der Waals surface area contributed by atoms with E-state index >= 15 is 0 Å². The van der Waals surface area contributed by atoms with Crippen LogP contribution in [0.3, 0.4) is 0 Å². The van der Waals surface area contributed by atoms with Gasteiger partial charge in [-0.15, -0.1) is 0 Å². The zero-order chi connectivity index (χ0) is 16.6. The van der Waals surface area contributed by atoms with Gasteiger partial charge >= 0.3 is 0 Å². The molecule has 0 unspecified atom stereocenters. The molecule has 0 aliphatic carbocycles. The first-order valence-electron chi connectivity index (χ1n) is 8.09. The van der Waals surface area contributed by atoms with E-state index < -0.39 is 0 Å². The van der Waals surface area contributed by atoms with Crippen molar-refractivity contribution in [3.63, 3.8) is 0 Å². The lowest BCUT2D eigenvalue weighted by Crippen LogP contribution is -2.00. The normalized spacial score (nSPS) is 10.8. The fourth-order valence-corrected chi connectivity index (χ4v) is 3.32. The molecule has 0 aliphatic heterocycles. The predicted molar refractivity (Wildman–Crippen MR) is 98.8 cm³/mol. The summed E-state index contributed by atoms with van der Waals surface area (Å²) in [6, 6.07) is 17.4. The Labute approximate surface area is 139 Å². The first-order chi connectivity index (χ1) is 11.0. The number of pyridine rings is 1. The van der Waals surface area contributed by atoms with E-state index in [2.05, 4.69) is 83.1 Å². The number of benzene rings is 2. The van der Waals surface area contributed by atoms with Gasteiger partial charge in [0, 0.05) is 22.5 Å². The smallest absolute Gasteiger partial charge is 0.0457 e. The fourth-order valence-electron chi connectivity index (χ4n) is 3.32. The zero-order valence-corrected chi connectivity index (χ0v) is 14.6. The molecule has 0 radical (unpaired) electrons. The van der Waals surface area contributed by atoms with Gasteiger partial charge in [0.1, 0.15) is 0 Å². The molecule has 0 saturated carbocycles. The van der Waals surface area contributed by atoms with Crippen molar-refractivity contribution < 1.29 is 0 Å². The average molecular weight is 301 g/mol. The van der Waals surface area contributed by atoms with Gasteiger partial charge in [0.25, 0.3) is 0 Å². The Hall–Kier alpha value is -2.41. The molecule has 3 aromatic rings. The van der Waals surface area contributed by atoms with Gasteiger partial charge < -0.3 is 0 Å². The van der Waals surface area contributed by atoms with Crippen LogP contribution in [0.15, 0.2) is 48.5 Å². The molecular formula is C22H23N. The minimum absolute atomic E-state index is 1.10. The quantitative estimate of drug-likeness (QED) is 0.569. The maximum Gasteiger partial charge on any atom is 0.0457 e. The van der Waals surface area contributed by atoms with Crippen molar-refractivity contribution in [1.82, 2.24) is 4.98 Å². The third-order valence-electron chi connectivity index (χ3n) is 4.49. The SMILES string of the molecule is Cc1ccc(-c2c(C)nc(C)c(-c3ccc(C)cc3)c2C)cc1. The van der Waals surface area contributed by atoms with Gasteiger partial charge in [0.15, 0.2) is 0 Å². The van der Waals surface area contributed by atoms with E-state index in [-0.39, 0.29) is 0 Å². The van der Waals surface area contributed by atoms with Gasteiger partial charge in [0.05, 0.1) is 0 Å². The van der Waals surface area contributed by atoms with Crippen LogP contribution in [-0.2, 0) is 0 Å². The summed E-state index contributed by atoms with van der Waals surface area (Å²) >= 11 is 0. The summed E-state index contributed by atoms with van der Waals surface area (Å²) in [7, 11) is 0. The summed E-state index contributed by atoms with van der Waals surface area (Å²) in [4.78, 5) is 4.83. The highest BCUT2D eigenvalue weighted by Crippen LogP contribution is 2.35. The molecule has 0 N–H and O–H groups in total. The van der Waals surface area contributed by atoms with E-state index in [0.29, 0.717) is 0 Å². The lowest BCUT2D eigenvalue weighted by Gasteiger charge is -2.17. The van der Waals surface area contributed by atoms with Crippen LogP contribution in [0.1, 0.15) is 28.1 Å².